The zero-order valence-corrected chi connectivity index (χ0v) is 12.5. The van der Waals surface area contributed by atoms with E-state index in [2.05, 4.69) is 0 Å². The van der Waals surface area contributed by atoms with E-state index in [-0.39, 0.29) is 12.3 Å². The summed E-state index contributed by atoms with van der Waals surface area (Å²) in [5, 5.41) is 0.347. The van der Waals surface area contributed by atoms with E-state index in [0.29, 0.717) is 16.7 Å². The van der Waals surface area contributed by atoms with Crippen LogP contribution in [0.5, 0.6) is 5.75 Å². The van der Waals surface area contributed by atoms with Crippen molar-refractivity contribution in [3.05, 3.63) is 29.7 Å². The molecule has 0 aliphatic rings. The summed E-state index contributed by atoms with van der Waals surface area (Å²) in [6, 6.07) is 4.88. The average Bonchev–Trinajstić information content (AvgIpc) is 2.73. The van der Waals surface area contributed by atoms with Gasteiger partial charge in [0.1, 0.15) is 5.75 Å². The van der Waals surface area contributed by atoms with Crippen molar-refractivity contribution in [2.24, 2.45) is 0 Å². The second-order valence-electron chi connectivity index (χ2n) is 3.82. The Morgan fingerprint density at radius 1 is 1.35 bits per heavy atom. The highest BCUT2D eigenvalue weighted by molar-refractivity contribution is 5.92. The number of hydrogen-bond donors (Lipinski definition) is 0. The molecular weight excluding hydrogens is 261 g/mol. The molecule has 5 heteroatoms. The number of fused-ring (bicyclic) bond motifs is 1. The molecule has 0 saturated heterocycles. The van der Waals surface area contributed by atoms with Crippen molar-refractivity contribution in [2.45, 2.75) is 27.7 Å². The van der Waals surface area contributed by atoms with Gasteiger partial charge in [-0.05, 0) is 32.0 Å². The van der Waals surface area contributed by atoms with Gasteiger partial charge in [0.2, 0.25) is 0 Å². The van der Waals surface area contributed by atoms with Crippen LogP contribution < -0.4 is 4.74 Å². The van der Waals surface area contributed by atoms with Crippen LogP contribution in [0.3, 0.4) is 0 Å². The van der Waals surface area contributed by atoms with Crippen LogP contribution >= 0.6 is 0 Å². The molecule has 0 atom stereocenters. The van der Waals surface area contributed by atoms with E-state index in [0.717, 1.165) is 0 Å². The molecule has 0 unspecified atom stereocenters. The van der Waals surface area contributed by atoms with Crippen LogP contribution in [0.1, 0.15) is 26.5 Å². The third-order valence-corrected chi connectivity index (χ3v) is 2.78. The number of aromatic nitrogens is 1. The summed E-state index contributed by atoms with van der Waals surface area (Å²) < 4.78 is 25.2. The first-order valence-electron chi connectivity index (χ1n) is 6.61. The SMILES string of the molecule is CC.CCOC(=O)n1c(C)c(F)c2cc(OC)ccc21. The highest BCUT2D eigenvalue weighted by Crippen LogP contribution is 2.28. The quantitative estimate of drug-likeness (QED) is 0.831. The molecule has 0 aliphatic carbocycles. The molecule has 2 aromatic rings. The fourth-order valence-corrected chi connectivity index (χ4v) is 1.91. The highest BCUT2D eigenvalue weighted by Gasteiger charge is 2.19. The molecule has 0 radical (unpaired) electrons. The first-order chi connectivity index (χ1) is 9.60. The number of ether oxygens (including phenoxy) is 2. The Morgan fingerprint density at radius 2 is 2.00 bits per heavy atom. The molecule has 0 bridgehead atoms. The maximum atomic E-state index is 14.1. The predicted molar refractivity (Wildman–Crippen MR) is 77.0 cm³/mol. The van der Waals surface area contributed by atoms with Gasteiger partial charge in [0, 0.05) is 5.39 Å². The molecule has 4 nitrogen and oxygen atoms in total. The van der Waals surface area contributed by atoms with Gasteiger partial charge in [0.25, 0.3) is 0 Å². The summed E-state index contributed by atoms with van der Waals surface area (Å²) >= 11 is 0. The Morgan fingerprint density at radius 3 is 2.55 bits per heavy atom. The fourth-order valence-electron chi connectivity index (χ4n) is 1.91. The molecule has 2 rings (SSSR count). The van der Waals surface area contributed by atoms with E-state index in [4.69, 9.17) is 9.47 Å². The van der Waals surface area contributed by atoms with E-state index < -0.39 is 11.9 Å². The molecule has 0 amide bonds. The lowest BCUT2D eigenvalue weighted by molar-refractivity contribution is 0.154. The largest absolute Gasteiger partial charge is 0.497 e. The standard InChI is InChI=1S/C13H14FNO3.C2H6/c1-4-18-13(16)15-8(2)12(14)10-7-9(17-3)5-6-11(10)15;1-2/h5-7H,4H2,1-3H3;1-2H3. The molecule has 0 spiro atoms. The maximum Gasteiger partial charge on any atom is 0.418 e. The van der Waals surface area contributed by atoms with Gasteiger partial charge in [-0.25, -0.2) is 13.8 Å². The summed E-state index contributed by atoms with van der Waals surface area (Å²) in [5.41, 5.74) is 0.709. The number of rotatable bonds is 2. The van der Waals surface area contributed by atoms with Crippen LogP contribution in [0, 0.1) is 12.7 Å². The van der Waals surface area contributed by atoms with Gasteiger partial charge in [0.15, 0.2) is 5.82 Å². The minimum absolute atomic E-state index is 0.233. The third kappa shape index (κ3) is 2.76. The van der Waals surface area contributed by atoms with Crippen molar-refractivity contribution < 1.29 is 18.7 Å². The number of carbonyl (C=O) groups excluding carboxylic acids is 1. The molecule has 20 heavy (non-hydrogen) atoms. The van der Waals surface area contributed by atoms with E-state index in [9.17, 15) is 9.18 Å². The number of carbonyl (C=O) groups is 1. The Bertz CT molecular complexity index is 605. The van der Waals surface area contributed by atoms with Gasteiger partial charge in [-0.3, -0.25) is 0 Å². The first-order valence-corrected chi connectivity index (χ1v) is 6.61. The lowest BCUT2D eigenvalue weighted by atomic mass is 10.2. The summed E-state index contributed by atoms with van der Waals surface area (Å²) in [5.74, 6) is 0.111. The second-order valence-corrected chi connectivity index (χ2v) is 3.82. The van der Waals surface area contributed by atoms with Crippen molar-refractivity contribution in [1.29, 1.82) is 0 Å². The Kier molecular flexibility index (Phi) is 5.55. The summed E-state index contributed by atoms with van der Waals surface area (Å²) in [6.07, 6.45) is -0.575. The van der Waals surface area contributed by atoms with Crippen LogP contribution in [0.2, 0.25) is 0 Å². The Balaban J connectivity index is 0.000000956. The molecule has 0 aliphatic heterocycles. The van der Waals surface area contributed by atoms with Crippen molar-refractivity contribution in [1.82, 2.24) is 4.57 Å². The average molecular weight is 281 g/mol. The number of hydrogen-bond acceptors (Lipinski definition) is 3. The third-order valence-electron chi connectivity index (χ3n) is 2.78. The first kappa shape index (κ1) is 16.0. The van der Waals surface area contributed by atoms with Gasteiger partial charge < -0.3 is 9.47 Å². The second kappa shape index (κ2) is 6.93. The van der Waals surface area contributed by atoms with Gasteiger partial charge in [-0.15, -0.1) is 0 Å². The number of benzene rings is 1. The number of nitrogens with zero attached hydrogens (tertiary/aromatic N) is 1. The predicted octanol–water partition coefficient (Wildman–Crippen LogP) is 4.13. The molecule has 1 heterocycles. The van der Waals surface area contributed by atoms with Crippen LogP contribution in [-0.4, -0.2) is 24.4 Å². The van der Waals surface area contributed by atoms with Gasteiger partial charge in [0.05, 0.1) is 24.9 Å². The van der Waals surface area contributed by atoms with Gasteiger partial charge in [-0.1, -0.05) is 13.8 Å². The maximum absolute atomic E-state index is 14.1. The van der Waals surface area contributed by atoms with E-state index in [1.807, 2.05) is 13.8 Å². The smallest absolute Gasteiger partial charge is 0.418 e. The monoisotopic (exact) mass is 281 g/mol. The van der Waals surface area contributed by atoms with Crippen LogP contribution in [0.25, 0.3) is 10.9 Å². The summed E-state index contributed by atoms with van der Waals surface area (Å²) in [7, 11) is 1.51. The normalized spacial score (nSPS) is 9.90. The van der Waals surface area contributed by atoms with Crippen LogP contribution in [0.4, 0.5) is 9.18 Å². The van der Waals surface area contributed by atoms with Crippen molar-refractivity contribution in [2.75, 3.05) is 13.7 Å². The van der Waals surface area contributed by atoms with Crippen molar-refractivity contribution in [3.63, 3.8) is 0 Å². The molecule has 0 N–H and O–H groups in total. The Hall–Kier alpha value is -2.04. The van der Waals surface area contributed by atoms with Crippen LogP contribution in [0.15, 0.2) is 18.2 Å². The van der Waals surface area contributed by atoms with Crippen molar-refractivity contribution >= 4 is 17.0 Å². The van der Waals surface area contributed by atoms with E-state index in [1.54, 1.807) is 32.0 Å². The molecule has 0 fully saturated rings. The van der Waals surface area contributed by atoms with Crippen molar-refractivity contribution in [3.8, 4) is 5.75 Å². The van der Waals surface area contributed by atoms with E-state index >= 15 is 0 Å². The molecule has 0 saturated carbocycles. The topological polar surface area (TPSA) is 40.5 Å². The fraction of sp³-hybridized carbons (Fsp3) is 0.400. The van der Waals surface area contributed by atoms with E-state index in [1.165, 1.54) is 11.7 Å². The number of halogens is 1. The lowest BCUT2D eigenvalue weighted by Gasteiger charge is -2.06. The number of methoxy groups -OCH3 is 1. The Labute approximate surface area is 118 Å². The van der Waals surface area contributed by atoms with Gasteiger partial charge >= 0.3 is 6.09 Å². The minimum Gasteiger partial charge on any atom is -0.497 e. The molecular formula is C15H20FNO3. The lowest BCUT2D eigenvalue weighted by Crippen LogP contribution is -2.14. The zero-order valence-electron chi connectivity index (χ0n) is 12.5. The minimum atomic E-state index is -0.575. The van der Waals surface area contributed by atoms with Crippen LogP contribution in [-0.2, 0) is 4.74 Å². The summed E-state index contributed by atoms with van der Waals surface area (Å²) in [4.78, 5) is 11.8. The molecule has 110 valence electrons. The molecule has 1 aromatic carbocycles. The summed E-state index contributed by atoms with van der Waals surface area (Å²) in [6.45, 7) is 7.49. The molecule has 1 aromatic heterocycles. The zero-order chi connectivity index (χ0) is 15.3. The van der Waals surface area contributed by atoms with Gasteiger partial charge in [-0.2, -0.15) is 0 Å². The highest BCUT2D eigenvalue weighted by atomic mass is 19.1.